The number of aliphatic hydroxyl groups is 1. The highest BCUT2D eigenvalue weighted by atomic mass is 19.4. The molecule has 12 heteroatoms. The molecule has 2 N–H and O–H groups in total. The van der Waals surface area contributed by atoms with Gasteiger partial charge in [-0.15, -0.1) is 0 Å². The number of fused-ring (bicyclic) bond motifs is 1. The Bertz CT molecular complexity index is 2030. The monoisotopic (exact) mass is 712 g/mol. The molecule has 270 valence electrons. The second-order valence-corrected chi connectivity index (χ2v) is 13.4. The van der Waals surface area contributed by atoms with Crippen LogP contribution in [0.2, 0.25) is 0 Å². The smallest absolute Gasteiger partial charge is 0.392 e. The Labute approximate surface area is 299 Å². The van der Waals surface area contributed by atoms with E-state index in [1.165, 1.54) is 0 Å². The maximum atomic E-state index is 13.0. The van der Waals surface area contributed by atoms with E-state index in [2.05, 4.69) is 21.8 Å². The summed E-state index contributed by atoms with van der Waals surface area (Å²) >= 11 is 0. The van der Waals surface area contributed by atoms with Crippen LogP contribution in [0.5, 0.6) is 0 Å². The summed E-state index contributed by atoms with van der Waals surface area (Å²) in [6.07, 6.45) is -3.81. The van der Waals surface area contributed by atoms with E-state index in [1.54, 1.807) is 0 Å². The number of hydrogen-bond acceptors (Lipinski definition) is 6. The predicted octanol–water partition coefficient (Wildman–Crippen LogP) is 6.86. The van der Waals surface area contributed by atoms with Crippen molar-refractivity contribution in [2.45, 2.75) is 70.2 Å². The SMILES string of the molecule is CC1C(Cn2cnc3ccccc32)OC(c2ccc(-c3cccc(CNC(=O)C4CCCN4C(=O)C(F)(F)F)c3)cc2)OC1c1ccc(CO)cc1. The molecular weight excluding hydrogens is 673 g/mol. The highest BCUT2D eigenvalue weighted by molar-refractivity contribution is 5.90. The van der Waals surface area contributed by atoms with E-state index in [0.717, 1.165) is 44.4 Å². The molecule has 2 saturated heterocycles. The van der Waals surface area contributed by atoms with E-state index in [9.17, 15) is 27.9 Å². The van der Waals surface area contributed by atoms with E-state index < -0.39 is 30.3 Å². The van der Waals surface area contributed by atoms with Gasteiger partial charge in [-0.2, -0.15) is 13.2 Å². The van der Waals surface area contributed by atoms with Gasteiger partial charge in [-0.1, -0.05) is 85.8 Å². The predicted molar refractivity (Wildman–Crippen MR) is 187 cm³/mol. The summed E-state index contributed by atoms with van der Waals surface area (Å²) in [5.41, 5.74) is 7.15. The van der Waals surface area contributed by atoms with Crippen molar-refractivity contribution in [2.75, 3.05) is 6.54 Å². The molecule has 2 aliphatic heterocycles. The van der Waals surface area contributed by atoms with Crippen LogP contribution in [-0.2, 0) is 38.8 Å². The second kappa shape index (κ2) is 14.9. The number of benzene rings is 4. The summed E-state index contributed by atoms with van der Waals surface area (Å²) in [5, 5.41) is 12.3. The number of ether oxygens (including phenoxy) is 2. The Morgan fingerprint density at radius 2 is 1.65 bits per heavy atom. The highest BCUT2D eigenvalue weighted by Crippen LogP contribution is 2.42. The molecule has 1 aromatic heterocycles. The summed E-state index contributed by atoms with van der Waals surface area (Å²) in [4.78, 5) is 29.8. The van der Waals surface area contributed by atoms with Crippen LogP contribution in [0.4, 0.5) is 13.2 Å². The van der Waals surface area contributed by atoms with Gasteiger partial charge in [0.05, 0.1) is 42.7 Å². The average molecular weight is 713 g/mol. The lowest BCUT2D eigenvalue weighted by atomic mass is 9.90. The van der Waals surface area contributed by atoms with E-state index in [-0.39, 0.29) is 44.2 Å². The quantitative estimate of drug-likeness (QED) is 0.173. The van der Waals surface area contributed by atoms with Crippen LogP contribution in [0, 0.1) is 5.92 Å². The molecular formula is C40H39F3N4O5. The van der Waals surface area contributed by atoms with Crippen molar-refractivity contribution in [3.63, 3.8) is 0 Å². The number of aromatic nitrogens is 2. The van der Waals surface area contributed by atoms with E-state index >= 15 is 0 Å². The number of carbonyl (C=O) groups excluding carboxylic acids is 2. The fourth-order valence-electron chi connectivity index (χ4n) is 7.12. The number of alkyl halides is 3. The minimum Gasteiger partial charge on any atom is -0.392 e. The molecule has 4 aromatic carbocycles. The Hall–Kier alpha value is -5.04. The zero-order chi connectivity index (χ0) is 36.4. The minimum absolute atomic E-state index is 0.0123. The van der Waals surface area contributed by atoms with Crippen LogP contribution in [0.1, 0.15) is 54.4 Å². The number of aliphatic hydroxyl groups excluding tert-OH is 1. The molecule has 9 nitrogen and oxygen atoms in total. The van der Waals surface area contributed by atoms with Gasteiger partial charge in [0.25, 0.3) is 0 Å². The van der Waals surface area contributed by atoms with Gasteiger partial charge >= 0.3 is 12.1 Å². The van der Waals surface area contributed by atoms with Gasteiger partial charge in [-0.05, 0) is 58.9 Å². The van der Waals surface area contributed by atoms with Crippen LogP contribution >= 0.6 is 0 Å². The third-order valence-corrected chi connectivity index (χ3v) is 10.00. The van der Waals surface area contributed by atoms with Gasteiger partial charge in [0, 0.05) is 24.6 Å². The van der Waals surface area contributed by atoms with Gasteiger partial charge in [0.15, 0.2) is 6.29 Å². The van der Waals surface area contributed by atoms with Crippen molar-refractivity contribution < 1.29 is 37.3 Å². The lowest BCUT2D eigenvalue weighted by molar-refractivity contribution is -0.276. The summed E-state index contributed by atoms with van der Waals surface area (Å²) < 4.78 is 54.5. The fourth-order valence-corrected chi connectivity index (χ4v) is 7.12. The Morgan fingerprint density at radius 1 is 0.904 bits per heavy atom. The summed E-state index contributed by atoms with van der Waals surface area (Å²) in [5.74, 6) is -2.60. The van der Waals surface area contributed by atoms with Crippen LogP contribution in [-0.4, -0.2) is 56.2 Å². The number of para-hydroxylation sites is 2. The Morgan fingerprint density at radius 3 is 2.40 bits per heavy atom. The zero-order valence-electron chi connectivity index (χ0n) is 28.5. The molecule has 5 atom stereocenters. The number of hydrogen-bond donors (Lipinski definition) is 2. The maximum Gasteiger partial charge on any atom is 0.471 e. The molecule has 0 saturated carbocycles. The summed E-state index contributed by atoms with van der Waals surface area (Å²) in [6, 6.07) is 30.0. The van der Waals surface area contributed by atoms with Crippen molar-refractivity contribution in [1.29, 1.82) is 0 Å². The largest absolute Gasteiger partial charge is 0.471 e. The molecule has 7 rings (SSSR count). The molecule has 5 aromatic rings. The van der Waals surface area contributed by atoms with Crippen LogP contribution in [0.25, 0.3) is 22.2 Å². The zero-order valence-corrected chi connectivity index (χ0v) is 28.5. The lowest BCUT2D eigenvalue weighted by Crippen LogP contribution is -2.50. The number of likely N-dealkylation sites (tertiary alicyclic amines) is 1. The van der Waals surface area contributed by atoms with Crippen molar-refractivity contribution in [2.24, 2.45) is 5.92 Å². The number of nitrogens with zero attached hydrogens (tertiary/aromatic N) is 3. The van der Waals surface area contributed by atoms with Gasteiger partial charge in [-0.25, -0.2) is 4.98 Å². The second-order valence-electron chi connectivity index (χ2n) is 13.4. The van der Waals surface area contributed by atoms with Crippen LogP contribution < -0.4 is 5.32 Å². The van der Waals surface area contributed by atoms with Crippen molar-refractivity contribution in [1.82, 2.24) is 19.8 Å². The van der Waals surface area contributed by atoms with Gasteiger partial charge in [0.1, 0.15) is 6.04 Å². The van der Waals surface area contributed by atoms with Crippen LogP contribution in [0.15, 0.2) is 103 Å². The summed E-state index contributed by atoms with van der Waals surface area (Å²) in [6.45, 7) is 2.66. The van der Waals surface area contributed by atoms with E-state index in [4.69, 9.17) is 9.47 Å². The van der Waals surface area contributed by atoms with Crippen molar-refractivity contribution in [3.05, 3.63) is 126 Å². The van der Waals surface area contributed by atoms with Gasteiger partial charge in [0.2, 0.25) is 5.91 Å². The molecule has 2 aliphatic rings. The number of rotatable bonds is 9. The van der Waals surface area contributed by atoms with Crippen LogP contribution in [0.3, 0.4) is 0 Å². The number of nitrogens with one attached hydrogen (secondary N) is 1. The number of halogens is 3. The Balaban J connectivity index is 1.07. The van der Waals surface area contributed by atoms with Crippen molar-refractivity contribution >= 4 is 22.8 Å². The topological polar surface area (TPSA) is 106 Å². The summed E-state index contributed by atoms with van der Waals surface area (Å²) in [7, 11) is 0. The molecule has 2 fully saturated rings. The molecule has 5 unspecified atom stereocenters. The number of amides is 2. The van der Waals surface area contributed by atoms with E-state index in [1.807, 2.05) is 103 Å². The fraction of sp³-hybridized carbons (Fsp3) is 0.325. The molecule has 52 heavy (non-hydrogen) atoms. The average Bonchev–Trinajstić information content (AvgIpc) is 3.82. The minimum atomic E-state index is -5.02. The number of carbonyl (C=O) groups is 2. The molecule has 0 aliphatic carbocycles. The normalized spacial score (nSPS) is 22.1. The van der Waals surface area contributed by atoms with Crippen molar-refractivity contribution in [3.8, 4) is 11.1 Å². The molecule has 0 bridgehead atoms. The maximum absolute atomic E-state index is 13.0. The molecule has 0 radical (unpaired) electrons. The third kappa shape index (κ3) is 7.45. The third-order valence-electron chi connectivity index (χ3n) is 10.00. The highest BCUT2D eigenvalue weighted by Gasteiger charge is 2.47. The molecule has 3 heterocycles. The molecule has 2 amide bonds. The first-order valence-corrected chi connectivity index (χ1v) is 17.3. The Kier molecular flexibility index (Phi) is 10.1. The first-order valence-electron chi connectivity index (χ1n) is 17.3. The first kappa shape index (κ1) is 35.4. The molecule has 0 spiro atoms. The van der Waals surface area contributed by atoms with Gasteiger partial charge in [-0.3, -0.25) is 9.59 Å². The van der Waals surface area contributed by atoms with E-state index in [0.29, 0.717) is 17.9 Å². The standard InChI is InChI=1S/C40H39F3N4O5/c1-25-35(22-46-24-45-32-8-2-3-9-33(32)46)51-38(52-36(25)29-13-11-26(23-48)12-14-29)30-17-15-28(16-18-30)31-7-4-6-27(20-31)21-44-37(49)34-10-5-19-47(34)39(50)40(41,42)43/h2-4,6-9,11-18,20,24-25,34-36,38,48H,5,10,19,21-23H2,1H3,(H,44,49). The number of imidazole rings is 1. The first-order chi connectivity index (χ1) is 25.1. The lowest BCUT2D eigenvalue weighted by Gasteiger charge is -2.41. The van der Waals surface area contributed by atoms with Gasteiger partial charge < -0.3 is 29.4 Å².